The Labute approximate surface area is 135 Å². The molecule has 0 radical (unpaired) electrons. The Morgan fingerprint density at radius 2 is 1.87 bits per heavy atom. The maximum absolute atomic E-state index is 12.1. The molecule has 0 aromatic carbocycles. The van der Waals surface area contributed by atoms with Crippen molar-refractivity contribution in [1.29, 1.82) is 0 Å². The van der Waals surface area contributed by atoms with E-state index in [1.165, 1.54) is 0 Å². The van der Waals surface area contributed by atoms with E-state index >= 15 is 0 Å². The highest BCUT2D eigenvalue weighted by molar-refractivity contribution is 5.87. The fourth-order valence-electron chi connectivity index (χ4n) is 3.27. The molecule has 23 heavy (non-hydrogen) atoms. The predicted molar refractivity (Wildman–Crippen MR) is 80.8 cm³/mol. The van der Waals surface area contributed by atoms with Gasteiger partial charge in [-0.15, -0.1) is 0 Å². The highest BCUT2D eigenvalue weighted by atomic mass is 16.6. The molecule has 2 aliphatic heterocycles. The SMILES string of the molecule is CC1CC(C(=O)O)(C2CCN(C(=O)OC(C)(C)C)CC2)OC1=O. The fraction of sp³-hybridized carbons (Fsp3) is 0.812. The molecule has 2 atom stereocenters. The molecule has 7 heteroatoms. The number of ether oxygens (including phenoxy) is 2. The zero-order chi connectivity index (χ0) is 17.4. The van der Waals surface area contributed by atoms with Crippen LogP contribution >= 0.6 is 0 Å². The van der Waals surface area contributed by atoms with Crippen LogP contribution in [0.5, 0.6) is 0 Å². The Hall–Kier alpha value is -1.79. The third-order valence-electron chi connectivity index (χ3n) is 4.46. The van der Waals surface area contributed by atoms with Gasteiger partial charge in [0.25, 0.3) is 0 Å². The van der Waals surface area contributed by atoms with E-state index in [9.17, 15) is 19.5 Å². The van der Waals surface area contributed by atoms with Crippen molar-refractivity contribution in [3.8, 4) is 0 Å². The Morgan fingerprint density at radius 1 is 1.30 bits per heavy atom. The maximum Gasteiger partial charge on any atom is 0.410 e. The van der Waals surface area contributed by atoms with E-state index in [0.29, 0.717) is 25.9 Å². The van der Waals surface area contributed by atoms with Crippen molar-refractivity contribution >= 4 is 18.0 Å². The molecule has 2 fully saturated rings. The fourth-order valence-corrected chi connectivity index (χ4v) is 3.27. The van der Waals surface area contributed by atoms with Crippen molar-refractivity contribution in [2.75, 3.05) is 13.1 Å². The molecule has 2 unspecified atom stereocenters. The number of aliphatic carboxylic acids is 1. The highest BCUT2D eigenvalue weighted by Crippen LogP contribution is 2.42. The van der Waals surface area contributed by atoms with Crippen LogP contribution in [0.1, 0.15) is 47.0 Å². The number of carbonyl (C=O) groups is 3. The van der Waals surface area contributed by atoms with Gasteiger partial charge < -0.3 is 19.5 Å². The number of piperidine rings is 1. The summed E-state index contributed by atoms with van der Waals surface area (Å²) in [6, 6.07) is 0. The van der Waals surface area contributed by atoms with Crippen LogP contribution in [0.25, 0.3) is 0 Å². The van der Waals surface area contributed by atoms with Crippen LogP contribution in [0, 0.1) is 11.8 Å². The number of carboxylic acid groups (broad SMARTS) is 1. The first-order valence-electron chi connectivity index (χ1n) is 7.99. The van der Waals surface area contributed by atoms with Crippen LogP contribution in [0.3, 0.4) is 0 Å². The minimum Gasteiger partial charge on any atom is -0.478 e. The van der Waals surface area contributed by atoms with Crippen molar-refractivity contribution in [3.63, 3.8) is 0 Å². The van der Waals surface area contributed by atoms with Crippen LogP contribution in [0.2, 0.25) is 0 Å². The number of hydrogen-bond acceptors (Lipinski definition) is 5. The number of cyclic esters (lactones) is 1. The molecule has 0 bridgehead atoms. The summed E-state index contributed by atoms with van der Waals surface area (Å²) < 4.78 is 10.6. The summed E-state index contributed by atoms with van der Waals surface area (Å²) in [6.07, 6.45) is 0.757. The predicted octanol–water partition coefficient (Wildman–Crippen LogP) is 2.04. The van der Waals surface area contributed by atoms with E-state index in [1.54, 1.807) is 32.6 Å². The van der Waals surface area contributed by atoms with Gasteiger partial charge in [-0.25, -0.2) is 9.59 Å². The summed E-state index contributed by atoms with van der Waals surface area (Å²) in [5, 5.41) is 9.60. The molecule has 0 saturated carbocycles. The maximum atomic E-state index is 12.1. The standard InChI is InChI=1S/C16H25NO6/c1-10-9-16(13(19)20,22-12(10)18)11-5-7-17(8-6-11)14(21)23-15(2,3)4/h10-11H,5-9H2,1-4H3,(H,19,20). The van der Waals surface area contributed by atoms with Gasteiger partial charge in [-0.3, -0.25) is 4.79 Å². The van der Waals surface area contributed by atoms with Gasteiger partial charge in [-0.1, -0.05) is 6.92 Å². The van der Waals surface area contributed by atoms with Crippen LogP contribution in [-0.4, -0.2) is 52.3 Å². The Morgan fingerprint density at radius 3 is 2.26 bits per heavy atom. The lowest BCUT2D eigenvalue weighted by Gasteiger charge is -2.39. The Balaban J connectivity index is 2.02. The number of likely N-dealkylation sites (tertiary alicyclic amines) is 1. The van der Waals surface area contributed by atoms with Crippen molar-refractivity contribution in [1.82, 2.24) is 4.90 Å². The number of esters is 1. The summed E-state index contributed by atoms with van der Waals surface area (Å²) in [5.41, 5.74) is -2.01. The van der Waals surface area contributed by atoms with Gasteiger partial charge in [-0.2, -0.15) is 0 Å². The van der Waals surface area contributed by atoms with Gasteiger partial charge in [0, 0.05) is 25.4 Å². The number of rotatable bonds is 2. The summed E-state index contributed by atoms with van der Waals surface area (Å²) >= 11 is 0. The van der Waals surface area contributed by atoms with Gasteiger partial charge in [0.15, 0.2) is 0 Å². The van der Waals surface area contributed by atoms with Gasteiger partial charge in [-0.05, 0) is 33.6 Å². The van der Waals surface area contributed by atoms with Gasteiger partial charge in [0.2, 0.25) is 5.60 Å². The summed E-state index contributed by atoms with van der Waals surface area (Å²) in [6.45, 7) is 7.90. The third kappa shape index (κ3) is 3.59. The first kappa shape index (κ1) is 17.6. The van der Waals surface area contributed by atoms with Gasteiger partial charge in [0.1, 0.15) is 5.60 Å². The summed E-state index contributed by atoms with van der Waals surface area (Å²) in [7, 11) is 0. The van der Waals surface area contributed by atoms with Crippen molar-refractivity contribution in [2.24, 2.45) is 11.8 Å². The highest BCUT2D eigenvalue weighted by Gasteiger charge is 2.56. The molecule has 2 heterocycles. The van der Waals surface area contributed by atoms with E-state index in [4.69, 9.17) is 9.47 Å². The lowest BCUT2D eigenvalue weighted by molar-refractivity contribution is -0.178. The first-order chi connectivity index (χ1) is 10.5. The average Bonchev–Trinajstić information content (AvgIpc) is 2.74. The number of amides is 1. The number of nitrogens with zero attached hydrogens (tertiary/aromatic N) is 1. The second-order valence-corrected chi connectivity index (χ2v) is 7.46. The van der Waals surface area contributed by atoms with Gasteiger partial charge >= 0.3 is 18.0 Å². The molecule has 0 spiro atoms. The molecule has 0 aromatic rings. The van der Waals surface area contributed by atoms with Crippen LogP contribution in [0.4, 0.5) is 4.79 Å². The van der Waals surface area contributed by atoms with Crippen LogP contribution < -0.4 is 0 Å². The van der Waals surface area contributed by atoms with Crippen molar-refractivity contribution in [2.45, 2.75) is 58.2 Å². The second kappa shape index (κ2) is 6.02. The van der Waals surface area contributed by atoms with E-state index in [-0.39, 0.29) is 12.3 Å². The summed E-state index contributed by atoms with van der Waals surface area (Å²) in [4.78, 5) is 37.1. The molecular formula is C16H25NO6. The van der Waals surface area contributed by atoms with Crippen molar-refractivity contribution < 1.29 is 29.0 Å². The van der Waals surface area contributed by atoms with Gasteiger partial charge in [0.05, 0.1) is 5.92 Å². The number of carbonyl (C=O) groups excluding carboxylic acids is 2. The Bertz CT molecular complexity index is 503. The molecule has 130 valence electrons. The normalized spacial score (nSPS) is 29.3. The van der Waals surface area contributed by atoms with Crippen LogP contribution in [0.15, 0.2) is 0 Å². The average molecular weight is 327 g/mol. The first-order valence-corrected chi connectivity index (χ1v) is 7.99. The quantitative estimate of drug-likeness (QED) is 0.780. The van der Waals surface area contributed by atoms with Crippen molar-refractivity contribution in [3.05, 3.63) is 0 Å². The lowest BCUT2D eigenvalue weighted by atomic mass is 9.77. The van der Waals surface area contributed by atoms with E-state index in [0.717, 1.165) is 0 Å². The molecule has 1 amide bonds. The van der Waals surface area contributed by atoms with E-state index in [2.05, 4.69) is 0 Å². The monoisotopic (exact) mass is 327 g/mol. The minimum atomic E-state index is -1.45. The molecule has 7 nitrogen and oxygen atoms in total. The molecular weight excluding hydrogens is 302 g/mol. The summed E-state index contributed by atoms with van der Waals surface area (Å²) in [5.74, 6) is -2.24. The molecule has 2 rings (SSSR count). The smallest absolute Gasteiger partial charge is 0.410 e. The second-order valence-electron chi connectivity index (χ2n) is 7.46. The molecule has 0 aromatic heterocycles. The zero-order valence-electron chi connectivity index (χ0n) is 14.1. The number of hydrogen-bond donors (Lipinski definition) is 1. The van der Waals surface area contributed by atoms with E-state index in [1.807, 2.05) is 0 Å². The molecule has 1 N–H and O–H groups in total. The Kier molecular flexibility index (Phi) is 4.59. The van der Waals surface area contributed by atoms with E-state index < -0.39 is 35.2 Å². The zero-order valence-corrected chi connectivity index (χ0v) is 14.1. The third-order valence-corrected chi connectivity index (χ3v) is 4.46. The van der Waals surface area contributed by atoms with Crippen LogP contribution in [-0.2, 0) is 19.1 Å². The largest absolute Gasteiger partial charge is 0.478 e. The molecule has 0 aliphatic carbocycles. The topological polar surface area (TPSA) is 93.1 Å². The minimum absolute atomic E-state index is 0.193. The molecule has 2 aliphatic rings. The molecule has 2 saturated heterocycles. The number of carboxylic acids is 1. The lowest BCUT2D eigenvalue weighted by Crippen LogP contribution is -2.51.